The normalized spacial score (nSPS) is 14.5. The maximum atomic E-state index is 12.2. The molecule has 1 heterocycles. The maximum Gasteiger partial charge on any atom is 0.263 e. The second kappa shape index (κ2) is 7.99. The van der Waals surface area contributed by atoms with E-state index in [4.69, 9.17) is 4.74 Å². The fourth-order valence-corrected chi connectivity index (χ4v) is 3.19. The number of benzene rings is 2. The van der Waals surface area contributed by atoms with Crippen LogP contribution in [0.25, 0.3) is 11.4 Å². The van der Waals surface area contributed by atoms with Crippen LogP contribution < -0.4 is 10.2 Å². The number of aromatic nitrogens is 4. The van der Waals surface area contributed by atoms with E-state index in [2.05, 4.69) is 25.9 Å². The van der Waals surface area contributed by atoms with Crippen molar-refractivity contribution in [3.8, 4) is 17.1 Å². The van der Waals surface area contributed by atoms with E-state index in [-0.39, 0.29) is 12.5 Å². The number of fused-ring (bicyclic) bond motifs is 1. The van der Waals surface area contributed by atoms with Gasteiger partial charge in [-0.3, -0.25) is 4.79 Å². The Morgan fingerprint density at radius 3 is 2.89 bits per heavy atom. The van der Waals surface area contributed by atoms with Crippen molar-refractivity contribution in [1.29, 1.82) is 0 Å². The molecule has 0 unspecified atom stereocenters. The summed E-state index contributed by atoms with van der Waals surface area (Å²) in [6.07, 6.45) is 2.78. The van der Waals surface area contributed by atoms with E-state index in [1.165, 1.54) is 10.4 Å². The van der Waals surface area contributed by atoms with Crippen molar-refractivity contribution in [3.63, 3.8) is 0 Å². The number of hydrogen-bond acceptors (Lipinski definition) is 6. The lowest BCUT2D eigenvalue weighted by Gasteiger charge is -2.18. The van der Waals surface area contributed by atoms with E-state index >= 15 is 0 Å². The van der Waals surface area contributed by atoms with Gasteiger partial charge < -0.3 is 4.74 Å². The Balaban J connectivity index is 1.42. The molecule has 0 fully saturated rings. The van der Waals surface area contributed by atoms with E-state index in [1.54, 1.807) is 7.11 Å². The first-order chi connectivity index (χ1) is 13.7. The Labute approximate surface area is 162 Å². The van der Waals surface area contributed by atoms with Gasteiger partial charge in [0.05, 0.1) is 12.8 Å². The molecule has 1 N–H and O–H groups in total. The molecule has 1 aliphatic rings. The molecule has 1 aromatic heterocycles. The smallest absolute Gasteiger partial charge is 0.263 e. The molecular weight excluding hydrogens is 356 g/mol. The number of nitrogens with one attached hydrogen (secondary N) is 1. The van der Waals surface area contributed by atoms with E-state index in [1.807, 2.05) is 48.5 Å². The van der Waals surface area contributed by atoms with Crippen LogP contribution in [-0.2, 0) is 17.8 Å². The van der Waals surface area contributed by atoms with Crippen LogP contribution in [0.2, 0.25) is 0 Å². The molecule has 142 valence electrons. The van der Waals surface area contributed by atoms with E-state index < -0.39 is 0 Å². The summed E-state index contributed by atoms with van der Waals surface area (Å²) in [4.78, 5) is 13.5. The van der Waals surface area contributed by atoms with Crippen LogP contribution in [-0.4, -0.2) is 38.9 Å². The molecule has 0 saturated heterocycles. The topological polar surface area (TPSA) is 94.3 Å². The molecule has 1 amide bonds. The molecule has 0 radical (unpaired) electrons. The Morgan fingerprint density at radius 2 is 2.07 bits per heavy atom. The van der Waals surface area contributed by atoms with Crippen LogP contribution in [0.15, 0.2) is 53.6 Å². The van der Waals surface area contributed by atoms with Crippen molar-refractivity contribution in [2.45, 2.75) is 25.8 Å². The van der Waals surface area contributed by atoms with Crippen LogP contribution in [0.3, 0.4) is 0 Å². The number of ether oxygens (including phenoxy) is 1. The van der Waals surface area contributed by atoms with Crippen molar-refractivity contribution in [2.24, 2.45) is 5.10 Å². The van der Waals surface area contributed by atoms with Gasteiger partial charge in [0, 0.05) is 11.1 Å². The van der Waals surface area contributed by atoms with Crippen LogP contribution >= 0.6 is 0 Å². The largest absolute Gasteiger partial charge is 0.497 e. The maximum absolute atomic E-state index is 12.2. The first-order valence-electron chi connectivity index (χ1n) is 9.09. The van der Waals surface area contributed by atoms with Crippen molar-refractivity contribution in [1.82, 2.24) is 25.6 Å². The van der Waals surface area contributed by atoms with E-state index in [0.717, 1.165) is 41.9 Å². The summed E-state index contributed by atoms with van der Waals surface area (Å²) in [6, 6.07) is 15.4. The lowest BCUT2D eigenvalue weighted by molar-refractivity contribution is -0.122. The van der Waals surface area contributed by atoms with Gasteiger partial charge in [-0.05, 0) is 48.2 Å². The highest BCUT2D eigenvalue weighted by Gasteiger charge is 2.17. The Kier molecular flexibility index (Phi) is 5.09. The average molecular weight is 376 g/mol. The first-order valence-corrected chi connectivity index (χ1v) is 9.09. The summed E-state index contributed by atoms with van der Waals surface area (Å²) < 4.78 is 5.28. The summed E-state index contributed by atoms with van der Waals surface area (Å²) in [5.41, 5.74) is 6.57. The molecule has 0 saturated carbocycles. The lowest BCUT2D eigenvalue weighted by atomic mass is 9.90. The molecule has 0 spiro atoms. The summed E-state index contributed by atoms with van der Waals surface area (Å²) in [6.45, 7) is -0.0495. The van der Waals surface area contributed by atoms with Crippen molar-refractivity contribution >= 4 is 11.6 Å². The third-order valence-electron chi connectivity index (χ3n) is 4.57. The fraction of sp³-hybridized carbons (Fsp3) is 0.250. The van der Waals surface area contributed by atoms with Crippen molar-refractivity contribution < 1.29 is 9.53 Å². The van der Waals surface area contributed by atoms with Crippen LogP contribution in [0.1, 0.15) is 24.0 Å². The van der Waals surface area contributed by atoms with Gasteiger partial charge in [-0.15, -0.1) is 10.2 Å². The molecule has 28 heavy (non-hydrogen) atoms. The van der Waals surface area contributed by atoms with Gasteiger partial charge in [0.1, 0.15) is 12.3 Å². The van der Waals surface area contributed by atoms with Gasteiger partial charge in [-0.2, -0.15) is 9.90 Å². The third kappa shape index (κ3) is 3.90. The first kappa shape index (κ1) is 17.8. The third-order valence-corrected chi connectivity index (χ3v) is 4.57. The number of aryl methyl sites for hydroxylation is 1. The number of carbonyl (C=O) groups is 1. The summed E-state index contributed by atoms with van der Waals surface area (Å²) in [5.74, 6) is 1.01. The van der Waals surface area contributed by atoms with Gasteiger partial charge in [0.2, 0.25) is 5.82 Å². The second-order valence-corrected chi connectivity index (χ2v) is 6.48. The quantitative estimate of drug-likeness (QED) is 0.689. The molecule has 0 atom stereocenters. The zero-order chi connectivity index (χ0) is 19.3. The number of methoxy groups -OCH3 is 1. The zero-order valence-corrected chi connectivity index (χ0v) is 15.5. The standard InChI is InChI=1S/C20H20N6O2/c1-28-16-10-11-17-15(12-16)8-5-9-18(17)21-22-19(27)13-26-24-20(23-25-26)14-6-3-2-4-7-14/h2-4,6-7,10-12H,5,8-9,13H2,1H3,(H,22,27)/b21-18-. The second-order valence-electron chi connectivity index (χ2n) is 6.48. The number of hydrazone groups is 1. The lowest BCUT2D eigenvalue weighted by Crippen LogP contribution is -2.26. The summed E-state index contributed by atoms with van der Waals surface area (Å²) >= 11 is 0. The monoisotopic (exact) mass is 376 g/mol. The molecule has 0 bridgehead atoms. The van der Waals surface area contributed by atoms with Crippen LogP contribution in [0, 0.1) is 0 Å². The minimum absolute atomic E-state index is 0.0495. The molecule has 1 aliphatic carbocycles. The molecular formula is C20H20N6O2. The highest BCUT2D eigenvalue weighted by Crippen LogP contribution is 2.25. The minimum atomic E-state index is -0.301. The predicted molar refractivity (Wildman–Crippen MR) is 104 cm³/mol. The van der Waals surface area contributed by atoms with Crippen LogP contribution in [0.5, 0.6) is 5.75 Å². The number of amides is 1. The zero-order valence-electron chi connectivity index (χ0n) is 15.5. The molecule has 3 aromatic rings. The summed E-state index contributed by atoms with van der Waals surface area (Å²) in [5, 5.41) is 16.5. The van der Waals surface area contributed by atoms with Crippen LogP contribution in [0.4, 0.5) is 0 Å². The highest BCUT2D eigenvalue weighted by molar-refractivity contribution is 6.03. The Hall–Kier alpha value is -3.55. The number of tetrazole rings is 1. The van der Waals surface area contributed by atoms with Gasteiger partial charge in [0.15, 0.2) is 0 Å². The molecule has 8 nitrogen and oxygen atoms in total. The number of nitrogens with zero attached hydrogens (tertiary/aromatic N) is 5. The number of carbonyl (C=O) groups excluding carboxylic acids is 1. The van der Waals surface area contributed by atoms with E-state index in [0.29, 0.717) is 5.82 Å². The molecule has 4 rings (SSSR count). The van der Waals surface area contributed by atoms with Gasteiger partial charge in [0.25, 0.3) is 5.91 Å². The SMILES string of the molecule is COc1ccc2c(c1)CCC/C2=N/NC(=O)Cn1nnc(-c2ccccc2)n1. The van der Waals surface area contributed by atoms with Gasteiger partial charge >= 0.3 is 0 Å². The molecule has 2 aromatic carbocycles. The molecule has 0 aliphatic heterocycles. The summed E-state index contributed by atoms with van der Waals surface area (Å²) in [7, 11) is 1.65. The molecule has 8 heteroatoms. The number of hydrogen-bond donors (Lipinski definition) is 1. The van der Waals surface area contributed by atoms with E-state index in [9.17, 15) is 4.79 Å². The van der Waals surface area contributed by atoms with Gasteiger partial charge in [-0.25, -0.2) is 5.43 Å². The average Bonchev–Trinajstić information content (AvgIpc) is 3.20. The number of rotatable bonds is 5. The Morgan fingerprint density at radius 1 is 1.21 bits per heavy atom. The van der Waals surface area contributed by atoms with Gasteiger partial charge in [-0.1, -0.05) is 30.3 Å². The van der Waals surface area contributed by atoms with Crippen molar-refractivity contribution in [3.05, 3.63) is 59.7 Å². The fourth-order valence-electron chi connectivity index (χ4n) is 3.19. The van der Waals surface area contributed by atoms with Crippen molar-refractivity contribution in [2.75, 3.05) is 7.11 Å². The Bertz CT molecular complexity index is 1010. The minimum Gasteiger partial charge on any atom is -0.497 e. The highest BCUT2D eigenvalue weighted by atomic mass is 16.5. The predicted octanol–water partition coefficient (Wildman–Crippen LogP) is 2.21.